The van der Waals surface area contributed by atoms with Gasteiger partial charge in [0.25, 0.3) is 0 Å². The highest BCUT2D eigenvalue weighted by atomic mass is 19.4. The van der Waals surface area contributed by atoms with E-state index in [2.05, 4.69) is 20.9 Å². The second-order valence-corrected chi connectivity index (χ2v) is 8.77. The lowest BCUT2D eigenvalue weighted by Crippen LogP contribution is -2.44. The number of amidine groups is 1. The van der Waals surface area contributed by atoms with Crippen molar-refractivity contribution >= 4 is 22.6 Å². The molecule has 1 aromatic carbocycles. The van der Waals surface area contributed by atoms with Crippen LogP contribution in [0.15, 0.2) is 30.2 Å². The van der Waals surface area contributed by atoms with Gasteiger partial charge in [0.15, 0.2) is 6.10 Å². The zero-order chi connectivity index (χ0) is 25.6. The van der Waals surface area contributed by atoms with E-state index in [0.29, 0.717) is 49.2 Å². The lowest BCUT2D eigenvalue weighted by Gasteiger charge is -2.30. The fourth-order valence-corrected chi connectivity index (χ4v) is 4.04. The number of ether oxygens (including phenoxy) is 1. The molecule has 1 fully saturated rings. The first-order valence-electron chi connectivity index (χ1n) is 11.5. The Morgan fingerprint density at radius 2 is 2.03 bits per heavy atom. The SMILES string of the molecule is C/C(=C/C(=N)Nc1cc(O[C@H]2CC[C@@H](NC[C@@H](O)C(F)(F)F)CC2)cc2c1ncn2C)NCCO. The van der Waals surface area contributed by atoms with E-state index in [9.17, 15) is 18.3 Å². The second-order valence-electron chi connectivity index (χ2n) is 8.77. The third-order valence-corrected chi connectivity index (χ3v) is 5.90. The van der Waals surface area contributed by atoms with Crippen molar-refractivity contribution in [3.05, 3.63) is 30.2 Å². The summed E-state index contributed by atoms with van der Waals surface area (Å²) < 4.78 is 45.6. The number of imidazole rings is 1. The molecule has 194 valence electrons. The van der Waals surface area contributed by atoms with Gasteiger partial charge in [0.1, 0.15) is 17.1 Å². The average Bonchev–Trinajstić information content (AvgIpc) is 3.17. The number of fused-ring (bicyclic) bond motifs is 1. The number of rotatable bonds is 10. The van der Waals surface area contributed by atoms with Crippen LogP contribution in [0.3, 0.4) is 0 Å². The molecule has 1 aliphatic rings. The molecule has 9 nitrogen and oxygen atoms in total. The maximum Gasteiger partial charge on any atom is 0.415 e. The van der Waals surface area contributed by atoms with Gasteiger partial charge in [0.2, 0.25) is 0 Å². The summed E-state index contributed by atoms with van der Waals surface area (Å²) >= 11 is 0. The first-order chi connectivity index (χ1) is 16.6. The number of aliphatic hydroxyl groups excluding tert-OH is 2. The Balaban J connectivity index is 1.63. The molecule has 1 aromatic heterocycles. The number of aromatic nitrogens is 2. The molecule has 0 aliphatic heterocycles. The summed E-state index contributed by atoms with van der Waals surface area (Å²) in [4.78, 5) is 4.42. The van der Waals surface area contributed by atoms with Crippen molar-refractivity contribution in [1.29, 1.82) is 5.41 Å². The van der Waals surface area contributed by atoms with E-state index in [1.165, 1.54) is 0 Å². The van der Waals surface area contributed by atoms with E-state index in [4.69, 9.17) is 15.3 Å². The van der Waals surface area contributed by atoms with Crippen molar-refractivity contribution in [2.45, 2.75) is 57.0 Å². The van der Waals surface area contributed by atoms with Gasteiger partial charge in [-0.3, -0.25) is 5.41 Å². The zero-order valence-corrected chi connectivity index (χ0v) is 19.8. The van der Waals surface area contributed by atoms with Gasteiger partial charge >= 0.3 is 6.18 Å². The summed E-state index contributed by atoms with van der Waals surface area (Å²) in [5, 5.41) is 35.2. The van der Waals surface area contributed by atoms with Gasteiger partial charge in [-0.15, -0.1) is 0 Å². The number of nitrogens with zero attached hydrogens (tertiary/aromatic N) is 2. The number of anilines is 1. The Bertz CT molecular complexity index is 1030. The molecule has 1 aliphatic carbocycles. The Morgan fingerprint density at radius 1 is 1.31 bits per heavy atom. The number of aliphatic hydroxyl groups is 2. The Hall–Kier alpha value is -2.83. The first-order valence-corrected chi connectivity index (χ1v) is 11.5. The summed E-state index contributed by atoms with van der Waals surface area (Å²) in [5.41, 5.74) is 2.86. The van der Waals surface area contributed by atoms with Crippen LogP contribution in [-0.4, -0.2) is 69.7 Å². The largest absolute Gasteiger partial charge is 0.490 e. The highest BCUT2D eigenvalue weighted by Crippen LogP contribution is 2.31. The fourth-order valence-electron chi connectivity index (χ4n) is 4.04. The standard InChI is InChI=1S/C23H33F3N6O3/c1-14(28-7-8-33)9-21(27)31-18-10-17(11-19-22(18)30-13-32(19)2)35-16-5-3-15(4-6-16)29-12-20(34)23(24,25)26/h9-11,13,15-16,20,28-29,33-34H,3-8,12H2,1-2H3,(H2,27,31)/b14-9-/t15-,16+,20-/m1/s1. The molecule has 0 saturated heterocycles. The number of allylic oxidation sites excluding steroid dienone is 1. The summed E-state index contributed by atoms with van der Waals surface area (Å²) in [6.07, 6.45) is -1.17. The van der Waals surface area contributed by atoms with Crippen LogP contribution < -0.4 is 20.7 Å². The molecule has 1 heterocycles. The normalized spacial score (nSPS) is 20.0. The van der Waals surface area contributed by atoms with E-state index in [1.54, 1.807) is 25.4 Å². The van der Waals surface area contributed by atoms with Gasteiger partial charge in [-0.25, -0.2) is 4.98 Å². The summed E-state index contributed by atoms with van der Waals surface area (Å²) in [7, 11) is 1.86. The Morgan fingerprint density at radius 3 is 2.69 bits per heavy atom. The molecule has 0 spiro atoms. The zero-order valence-electron chi connectivity index (χ0n) is 19.8. The molecule has 2 aromatic rings. The molecule has 1 saturated carbocycles. The number of aryl methyl sites for hydroxylation is 1. The van der Waals surface area contributed by atoms with Gasteiger partial charge in [-0.05, 0) is 38.7 Å². The first kappa shape index (κ1) is 26.8. The number of alkyl halides is 3. The lowest BCUT2D eigenvalue weighted by molar-refractivity contribution is -0.202. The maximum absolute atomic E-state index is 12.5. The van der Waals surface area contributed by atoms with E-state index in [-0.39, 0.29) is 24.6 Å². The summed E-state index contributed by atoms with van der Waals surface area (Å²) in [5.74, 6) is 0.754. The minimum Gasteiger partial charge on any atom is -0.490 e. The third-order valence-electron chi connectivity index (χ3n) is 5.90. The van der Waals surface area contributed by atoms with Crippen LogP contribution in [0.4, 0.5) is 18.9 Å². The monoisotopic (exact) mass is 498 g/mol. The quantitative estimate of drug-likeness (QED) is 0.220. The molecule has 0 unspecified atom stereocenters. The average molecular weight is 499 g/mol. The maximum atomic E-state index is 12.5. The smallest absolute Gasteiger partial charge is 0.415 e. The minimum absolute atomic E-state index is 0.00658. The van der Waals surface area contributed by atoms with Crippen LogP contribution in [0.25, 0.3) is 11.0 Å². The van der Waals surface area contributed by atoms with E-state index >= 15 is 0 Å². The van der Waals surface area contributed by atoms with Crippen LogP contribution in [0.5, 0.6) is 5.75 Å². The molecule has 3 rings (SSSR count). The van der Waals surface area contributed by atoms with Gasteiger partial charge in [-0.2, -0.15) is 13.2 Å². The lowest BCUT2D eigenvalue weighted by atomic mass is 9.93. The molecule has 0 amide bonds. The van der Waals surface area contributed by atoms with Crippen molar-refractivity contribution < 1.29 is 28.1 Å². The highest BCUT2D eigenvalue weighted by Gasteiger charge is 2.38. The van der Waals surface area contributed by atoms with Crippen molar-refractivity contribution in [1.82, 2.24) is 20.2 Å². The molecule has 0 radical (unpaired) electrons. The van der Waals surface area contributed by atoms with E-state index in [0.717, 1.165) is 11.2 Å². The molecule has 6 N–H and O–H groups in total. The molecular formula is C23H33F3N6O3. The van der Waals surface area contributed by atoms with Gasteiger partial charge in [0.05, 0.1) is 30.2 Å². The number of hydrogen-bond acceptors (Lipinski definition) is 7. The number of halogens is 3. The molecule has 12 heteroatoms. The number of hydrogen-bond donors (Lipinski definition) is 6. The Labute approximate surface area is 201 Å². The second kappa shape index (κ2) is 11.7. The van der Waals surface area contributed by atoms with Crippen molar-refractivity contribution in [3.63, 3.8) is 0 Å². The molecular weight excluding hydrogens is 465 g/mol. The Kier molecular flexibility index (Phi) is 8.98. The van der Waals surface area contributed by atoms with Crippen molar-refractivity contribution in [3.8, 4) is 5.75 Å². The van der Waals surface area contributed by atoms with Crippen molar-refractivity contribution in [2.75, 3.05) is 25.0 Å². The summed E-state index contributed by atoms with van der Waals surface area (Å²) in [6.45, 7) is 1.68. The fraction of sp³-hybridized carbons (Fsp3) is 0.565. The number of nitrogens with one attached hydrogen (secondary N) is 4. The van der Waals surface area contributed by atoms with E-state index in [1.807, 2.05) is 17.7 Å². The molecule has 0 bridgehead atoms. The van der Waals surface area contributed by atoms with Crippen molar-refractivity contribution in [2.24, 2.45) is 7.05 Å². The van der Waals surface area contributed by atoms with Gasteiger partial charge in [-0.1, -0.05) is 0 Å². The molecule has 1 atom stereocenters. The van der Waals surface area contributed by atoms with Gasteiger partial charge < -0.3 is 35.5 Å². The van der Waals surface area contributed by atoms with Crippen LogP contribution in [0, 0.1) is 5.41 Å². The van der Waals surface area contributed by atoms with Crippen LogP contribution >= 0.6 is 0 Å². The van der Waals surface area contributed by atoms with Crippen LogP contribution in [0.1, 0.15) is 32.6 Å². The summed E-state index contributed by atoms with van der Waals surface area (Å²) in [6, 6.07) is 3.57. The van der Waals surface area contributed by atoms with Crippen LogP contribution in [-0.2, 0) is 7.05 Å². The topological polar surface area (TPSA) is 127 Å². The predicted octanol–water partition coefficient (Wildman–Crippen LogP) is 2.65. The minimum atomic E-state index is -4.62. The number of benzene rings is 1. The third kappa shape index (κ3) is 7.58. The molecule has 35 heavy (non-hydrogen) atoms. The van der Waals surface area contributed by atoms with Crippen LogP contribution in [0.2, 0.25) is 0 Å². The van der Waals surface area contributed by atoms with E-state index < -0.39 is 18.8 Å². The van der Waals surface area contributed by atoms with Gasteiger partial charge in [0, 0.05) is 44.0 Å². The highest BCUT2D eigenvalue weighted by molar-refractivity contribution is 6.06. The predicted molar refractivity (Wildman–Crippen MR) is 128 cm³/mol.